The van der Waals surface area contributed by atoms with E-state index < -0.39 is 23.4 Å². The third kappa shape index (κ3) is 6.18. The number of carbonyl (C=O) groups excluding carboxylic acids is 2. The number of esters is 1. The molecule has 0 spiro atoms. The Labute approximate surface area is 204 Å². The average molecular weight is 499 g/mol. The van der Waals surface area contributed by atoms with Gasteiger partial charge in [-0.25, -0.2) is 14.2 Å². The van der Waals surface area contributed by atoms with Gasteiger partial charge in [-0.1, -0.05) is 12.8 Å². The normalized spacial score (nSPS) is 13.7. The second-order valence-electron chi connectivity index (χ2n) is 8.03. The minimum absolute atomic E-state index is 0.00378. The zero-order valence-electron chi connectivity index (χ0n) is 18.7. The van der Waals surface area contributed by atoms with Crippen molar-refractivity contribution in [3.05, 3.63) is 69.3 Å². The Kier molecular flexibility index (Phi) is 7.66. The summed E-state index contributed by atoms with van der Waals surface area (Å²) in [5.74, 6) is -1.80. The van der Waals surface area contributed by atoms with E-state index in [0.29, 0.717) is 22.1 Å². The Bertz CT molecular complexity index is 1220. The molecule has 2 aromatic carbocycles. The second kappa shape index (κ2) is 11.0. The first-order valence-corrected chi connectivity index (χ1v) is 12.0. The van der Waals surface area contributed by atoms with Crippen LogP contribution in [-0.2, 0) is 9.53 Å². The number of thiazole rings is 1. The van der Waals surface area contributed by atoms with Gasteiger partial charge < -0.3 is 9.64 Å². The summed E-state index contributed by atoms with van der Waals surface area (Å²) in [7, 11) is 0. The molecule has 0 radical (unpaired) electrons. The topological polar surface area (TPSA) is 115 Å². The maximum absolute atomic E-state index is 13.1. The number of anilines is 2. The third-order valence-electron chi connectivity index (χ3n) is 5.58. The number of hydrogen-bond acceptors (Lipinski definition) is 8. The van der Waals surface area contributed by atoms with Crippen LogP contribution in [0, 0.1) is 15.9 Å². The Hall–Kier alpha value is -3.86. The van der Waals surface area contributed by atoms with E-state index >= 15 is 0 Å². The number of halogens is 1. The van der Waals surface area contributed by atoms with Crippen LogP contribution in [0.5, 0.6) is 0 Å². The van der Waals surface area contributed by atoms with Gasteiger partial charge in [-0.2, -0.15) is 0 Å². The molecule has 9 nitrogen and oxygen atoms in total. The Balaban J connectivity index is 1.36. The summed E-state index contributed by atoms with van der Waals surface area (Å²) in [5.41, 5.74) is 1.57. The predicted octanol–water partition coefficient (Wildman–Crippen LogP) is 5.03. The van der Waals surface area contributed by atoms with Crippen LogP contribution < -0.4 is 10.2 Å². The van der Waals surface area contributed by atoms with E-state index in [0.717, 1.165) is 38.8 Å². The fourth-order valence-corrected chi connectivity index (χ4v) is 4.57. The molecule has 1 saturated heterocycles. The number of nitrogens with zero attached hydrogens (tertiary/aromatic N) is 3. The highest BCUT2D eigenvalue weighted by molar-refractivity contribution is 7.14. The maximum atomic E-state index is 13.1. The van der Waals surface area contributed by atoms with E-state index in [1.165, 1.54) is 35.6 Å². The van der Waals surface area contributed by atoms with Crippen LogP contribution in [-0.4, -0.2) is 41.5 Å². The molecule has 0 aliphatic carbocycles. The van der Waals surface area contributed by atoms with Gasteiger partial charge in [0.05, 0.1) is 16.2 Å². The van der Waals surface area contributed by atoms with E-state index in [-0.39, 0.29) is 17.1 Å². The first-order valence-electron chi connectivity index (χ1n) is 11.1. The molecule has 11 heteroatoms. The molecule has 0 bridgehead atoms. The van der Waals surface area contributed by atoms with Gasteiger partial charge in [-0.05, 0) is 49.2 Å². The lowest BCUT2D eigenvalue weighted by molar-refractivity contribution is -0.384. The molecule has 4 rings (SSSR count). The van der Waals surface area contributed by atoms with Gasteiger partial charge in [-0.3, -0.25) is 20.2 Å². The lowest BCUT2D eigenvalue weighted by Crippen LogP contribution is -2.25. The number of nitro benzene ring substituents is 1. The molecule has 0 atom stereocenters. The number of nitro groups is 1. The number of ether oxygens (including phenoxy) is 1. The lowest BCUT2D eigenvalue weighted by atomic mass is 10.1. The first kappa shape index (κ1) is 24.3. The van der Waals surface area contributed by atoms with E-state index in [9.17, 15) is 24.1 Å². The molecule has 182 valence electrons. The second-order valence-corrected chi connectivity index (χ2v) is 8.89. The average Bonchev–Trinajstić information content (AvgIpc) is 3.14. The first-order chi connectivity index (χ1) is 16.9. The molecular weight excluding hydrogens is 475 g/mol. The van der Waals surface area contributed by atoms with Crippen molar-refractivity contribution in [2.24, 2.45) is 0 Å². The minimum atomic E-state index is -0.836. The smallest absolute Gasteiger partial charge is 0.338 e. The Morgan fingerprint density at radius 1 is 1.11 bits per heavy atom. The summed E-state index contributed by atoms with van der Waals surface area (Å²) in [5, 5.41) is 16.2. The van der Waals surface area contributed by atoms with Gasteiger partial charge in [0, 0.05) is 30.1 Å². The number of benzene rings is 2. The van der Waals surface area contributed by atoms with Crippen molar-refractivity contribution in [2.45, 2.75) is 25.7 Å². The fraction of sp³-hybridized carbons (Fsp3) is 0.292. The SMILES string of the molecule is O=C(COC(=O)c1ccc(N2CCCCCC2)c([N+](=O)[O-])c1)Nc1nc(-c2ccc(F)cc2)cs1. The van der Waals surface area contributed by atoms with Crippen LogP contribution >= 0.6 is 11.3 Å². The molecule has 3 aromatic rings. The van der Waals surface area contributed by atoms with Crippen LogP contribution in [0.3, 0.4) is 0 Å². The number of nitrogens with one attached hydrogen (secondary N) is 1. The van der Waals surface area contributed by atoms with Crippen molar-refractivity contribution in [3.8, 4) is 11.3 Å². The number of amides is 1. The molecular formula is C24H23FN4O5S. The summed E-state index contributed by atoms with van der Waals surface area (Å²) in [6, 6.07) is 10.0. The zero-order valence-corrected chi connectivity index (χ0v) is 19.6. The quantitative estimate of drug-likeness (QED) is 0.276. The number of rotatable bonds is 7. The molecule has 0 saturated carbocycles. The van der Waals surface area contributed by atoms with Gasteiger partial charge in [-0.15, -0.1) is 11.3 Å². The van der Waals surface area contributed by atoms with Crippen molar-refractivity contribution in [3.63, 3.8) is 0 Å². The maximum Gasteiger partial charge on any atom is 0.338 e. The molecule has 1 aliphatic rings. The molecule has 1 N–H and O–H groups in total. The monoisotopic (exact) mass is 498 g/mol. The molecule has 1 amide bonds. The lowest BCUT2D eigenvalue weighted by Gasteiger charge is -2.22. The zero-order chi connectivity index (χ0) is 24.8. The standard InChI is InChI=1S/C24H23FN4O5S/c25-18-8-5-16(6-9-18)19-15-35-24(26-19)27-22(30)14-34-23(31)17-7-10-20(21(13-17)29(32)33)28-11-3-1-2-4-12-28/h5-10,13,15H,1-4,11-12,14H2,(H,26,27,30). The van der Waals surface area contributed by atoms with E-state index in [2.05, 4.69) is 10.3 Å². The third-order valence-corrected chi connectivity index (χ3v) is 6.34. The summed E-state index contributed by atoms with van der Waals surface area (Å²) in [4.78, 5) is 42.1. The van der Waals surface area contributed by atoms with E-state index in [1.807, 2.05) is 4.90 Å². The van der Waals surface area contributed by atoms with Crippen molar-refractivity contribution in [1.82, 2.24) is 4.98 Å². The largest absolute Gasteiger partial charge is 0.452 e. The summed E-state index contributed by atoms with van der Waals surface area (Å²) < 4.78 is 18.1. The molecule has 0 unspecified atom stereocenters. The number of aromatic nitrogens is 1. The van der Waals surface area contributed by atoms with Gasteiger partial charge in [0.15, 0.2) is 11.7 Å². The molecule has 35 heavy (non-hydrogen) atoms. The predicted molar refractivity (Wildman–Crippen MR) is 130 cm³/mol. The number of carbonyl (C=O) groups is 2. The highest BCUT2D eigenvalue weighted by Gasteiger charge is 2.23. The molecule has 1 aliphatic heterocycles. The van der Waals surface area contributed by atoms with Crippen LogP contribution in [0.4, 0.5) is 20.9 Å². The van der Waals surface area contributed by atoms with Crippen molar-refractivity contribution in [1.29, 1.82) is 0 Å². The van der Waals surface area contributed by atoms with Gasteiger partial charge in [0.2, 0.25) is 0 Å². The van der Waals surface area contributed by atoms with Crippen LogP contribution in [0.2, 0.25) is 0 Å². The minimum Gasteiger partial charge on any atom is -0.452 e. The van der Waals surface area contributed by atoms with Crippen molar-refractivity contribution < 1.29 is 23.6 Å². The van der Waals surface area contributed by atoms with Gasteiger partial charge in [0.1, 0.15) is 11.5 Å². The van der Waals surface area contributed by atoms with Crippen LogP contribution in [0.25, 0.3) is 11.3 Å². The highest BCUT2D eigenvalue weighted by atomic mass is 32.1. The Morgan fingerprint density at radius 2 is 1.83 bits per heavy atom. The summed E-state index contributed by atoms with van der Waals surface area (Å²) in [6.07, 6.45) is 4.09. The van der Waals surface area contributed by atoms with Crippen LogP contribution in [0.15, 0.2) is 47.8 Å². The van der Waals surface area contributed by atoms with Crippen molar-refractivity contribution in [2.75, 3.05) is 29.9 Å². The molecule has 1 fully saturated rings. The summed E-state index contributed by atoms with van der Waals surface area (Å²) in [6.45, 7) is 0.876. The molecule has 2 heterocycles. The van der Waals surface area contributed by atoms with Crippen molar-refractivity contribution >= 4 is 39.7 Å². The number of hydrogen-bond donors (Lipinski definition) is 1. The molecule has 1 aromatic heterocycles. The van der Waals surface area contributed by atoms with Gasteiger partial charge >= 0.3 is 5.97 Å². The van der Waals surface area contributed by atoms with E-state index in [4.69, 9.17) is 4.74 Å². The fourth-order valence-electron chi connectivity index (χ4n) is 3.83. The van der Waals surface area contributed by atoms with Gasteiger partial charge in [0.25, 0.3) is 11.6 Å². The highest BCUT2D eigenvalue weighted by Crippen LogP contribution is 2.31. The van der Waals surface area contributed by atoms with E-state index in [1.54, 1.807) is 23.6 Å². The van der Waals surface area contributed by atoms with Crippen LogP contribution in [0.1, 0.15) is 36.0 Å². The Morgan fingerprint density at radius 3 is 2.51 bits per heavy atom. The summed E-state index contributed by atoms with van der Waals surface area (Å²) >= 11 is 1.17.